The van der Waals surface area contributed by atoms with E-state index in [0.29, 0.717) is 0 Å². The molecule has 80 valence electrons. The third-order valence-electron chi connectivity index (χ3n) is 2.30. The molecular weight excluding hydrogens is 180 g/mol. The third-order valence-corrected chi connectivity index (χ3v) is 2.30. The zero-order valence-corrected chi connectivity index (χ0v) is 9.74. The number of allylic oxidation sites excluding steroid dienone is 3. The molecule has 1 rings (SSSR count). The van der Waals surface area contributed by atoms with Gasteiger partial charge in [-0.1, -0.05) is 73.9 Å². The first kappa shape index (κ1) is 11.8. The van der Waals surface area contributed by atoms with E-state index in [9.17, 15) is 0 Å². The molecule has 1 aromatic rings. The first-order chi connectivity index (χ1) is 7.33. The Morgan fingerprint density at radius 3 is 2.60 bits per heavy atom. The second-order valence-corrected chi connectivity index (χ2v) is 3.84. The molecule has 0 bridgehead atoms. The van der Waals surface area contributed by atoms with Gasteiger partial charge >= 0.3 is 0 Å². The predicted molar refractivity (Wildman–Crippen MR) is 68.8 cm³/mol. The molecule has 0 heterocycles. The Balaban J connectivity index is 2.49. The number of unbranched alkanes of at least 4 members (excludes halogenated alkanes) is 2. The van der Waals surface area contributed by atoms with Gasteiger partial charge in [0.1, 0.15) is 0 Å². The highest BCUT2D eigenvalue weighted by atomic mass is 13.9. The van der Waals surface area contributed by atoms with Crippen LogP contribution in [0, 0.1) is 0 Å². The lowest BCUT2D eigenvalue weighted by atomic mass is 10.1. The van der Waals surface area contributed by atoms with Crippen molar-refractivity contribution in [2.24, 2.45) is 0 Å². The molecule has 0 radical (unpaired) electrons. The molecule has 0 spiro atoms. The van der Waals surface area contributed by atoms with E-state index in [1.165, 1.54) is 30.4 Å². The second-order valence-electron chi connectivity index (χ2n) is 3.84. The zero-order valence-electron chi connectivity index (χ0n) is 9.74. The summed E-state index contributed by atoms with van der Waals surface area (Å²) in [6.45, 7) is 4.37. The van der Waals surface area contributed by atoms with Crippen LogP contribution in [0.5, 0.6) is 0 Å². The first-order valence-corrected chi connectivity index (χ1v) is 5.73. The average Bonchev–Trinajstić information content (AvgIpc) is 2.26. The normalized spacial score (nSPS) is 12.3. The lowest BCUT2D eigenvalue weighted by Gasteiger charge is -1.95. The van der Waals surface area contributed by atoms with Gasteiger partial charge < -0.3 is 0 Å². The van der Waals surface area contributed by atoms with Gasteiger partial charge in [0.15, 0.2) is 0 Å². The summed E-state index contributed by atoms with van der Waals surface area (Å²) in [5.41, 5.74) is 2.59. The monoisotopic (exact) mass is 200 g/mol. The summed E-state index contributed by atoms with van der Waals surface area (Å²) in [5.74, 6) is 0. The van der Waals surface area contributed by atoms with Crippen LogP contribution in [0.2, 0.25) is 0 Å². The minimum atomic E-state index is 1.19. The highest BCUT2D eigenvalue weighted by Crippen LogP contribution is 2.07. The van der Waals surface area contributed by atoms with Crippen LogP contribution in [-0.4, -0.2) is 0 Å². The van der Waals surface area contributed by atoms with E-state index in [0.717, 1.165) is 0 Å². The molecule has 0 saturated heterocycles. The van der Waals surface area contributed by atoms with Crippen LogP contribution in [0.15, 0.2) is 48.1 Å². The minimum Gasteiger partial charge on any atom is -0.0843 e. The Morgan fingerprint density at radius 2 is 1.93 bits per heavy atom. The third kappa shape index (κ3) is 5.21. The van der Waals surface area contributed by atoms with Crippen molar-refractivity contribution in [1.82, 2.24) is 0 Å². The number of hydrogen-bond acceptors (Lipinski definition) is 0. The Labute approximate surface area is 93.3 Å². The summed E-state index contributed by atoms with van der Waals surface area (Å²) in [7, 11) is 0. The van der Waals surface area contributed by atoms with Gasteiger partial charge in [0.2, 0.25) is 0 Å². The lowest BCUT2D eigenvalue weighted by Crippen LogP contribution is -1.73. The van der Waals surface area contributed by atoms with Crippen molar-refractivity contribution >= 4 is 6.08 Å². The van der Waals surface area contributed by atoms with Gasteiger partial charge in [-0.2, -0.15) is 0 Å². The molecule has 0 N–H and O–H groups in total. The SMILES string of the molecule is CCCCC=CC(C)=Cc1ccccc1. The summed E-state index contributed by atoms with van der Waals surface area (Å²) in [4.78, 5) is 0. The summed E-state index contributed by atoms with van der Waals surface area (Å²) in [5, 5.41) is 0. The van der Waals surface area contributed by atoms with Crippen molar-refractivity contribution in [1.29, 1.82) is 0 Å². The fraction of sp³-hybridized carbons (Fsp3) is 0.333. The Kier molecular flexibility index (Phi) is 5.54. The van der Waals surface area contributed by atoms with Gasteiger partial charge in [-0.05, 0) is 18.9 Å². The summed E-state index contributed by atoms with van der Waals surface area (Å²) in [6.07, 6.45) is 10.4. The van der Waals surface area contributed by atoms with Crippen LogP contribution >= 0.6 is 0 Å². The van der Waals surface area contributed by atoms with Crippen LogP contribution in [0.25, 0.3) is 6.08 Å². The van der Waals surface area contributed by atoms with Crippen molar-refractivity contribution in [3.05, 3.63) is 53.6 Å². The maximum atomic E-state index is 2.26. The largest absolute Gasteiger partial charge is 0.0843 e. The van der Waals surface area contributed by atoms with Crippen molar-refractivity contribution in [2.45, 2.75) is 33.1 Å². The molecule has 0 atom stereocenters. The van der Waals surface area contributed by atoms with Gasteiger partial charge in [0, 0.05) is 0 Å². The smallest absolute Gasteiger partial charge is 0.0254 e. The van der Waals surface area contributed by atoms with E-state index in [1.807, 2.05) is 6.07 Å². The van der Waals surface area contributed by atoms with Crippen molar-refractivity contribution in [3.8, 4) is 0 Å². The quantitative estimate of drug-likeness (QED) is 0.471. The first-order valence-electron chi connectivity index (χ1n) is 5.73. The van der Waals surface area contributed by atoms with E-state index >= 15 is 0 Å². The second kappa shape index (κ2) is 7.05. The molecule has 0 fully saturated rings. The molecule has 0 aromatic heterocycles. The zero-order chi connectivity index (χ0) is 10.9. The highest BCUT2D eigenvalue weighted by molar-refractivity contribution is 5.54. The van der Waals surface area contributed by atoms with Gasteiger partial charge in [0.25, 0.3) is 0 Å². The van der Waals surface area contributed by atoms with Gasteiger partial charge in [-0.15, -0.1) is 0 Å². The van der Waals surface area contributed by atoms with Crippen molar-refractivity contribution < 1.29 is 0 Å². The van der Waals surface area contributed by atoms with E-state index < -0.39 is 0 Å². The standard InChI is InChI=1S/C15H20/c1-3-4-5-7-10-14(2)13-15-11-8-6-9-12-15/h6-13H,3-5H2,1-2H3. The molecule has 15 heavy (non-hydrogen) atoms. The van der Waals surface area contributed by atoms with Gasteiger partial charge in [-0.3, -0.25) is 0 Å². The van der Waals surface area contributed by atoms with Crippen LogP contribution < -0.4 is 0 Å². The van der Waals surface area contributed by atoms with Gasteiger partial charge in [-0.25, -0.2) is 0 Å². The van der Waals surface area contributed by atoms with E-state index in [4.69, 9.17) is 0 Å². The Morgan fingerprint density at radius 1 is 1.20 bits per heavy atom. The van der Waals surface area contributed by atoms with E-state index in [1.54, 1.807) is 0 Å². The summed E-state index contributed by atoms with van der Waals surface area (Å²) in [6, 6.07) is 10.4. The molecule has 0 amide bonds. The fourth-order valence-corrected chi connectivity index (χ4v) is 1.45. The fourth-order valence-electron chi connectivity index (χ4n) is 1.45. The summed E-state index contributed by atoms with van der Waals surface area (Å²) >= 11 is 0. The summed E-state index contributed by atoms with van der Waals surface area (Å²) < 4.78 is 0. The number of rotatable bonds is 5. The Hall–Kier alpha value is -1.30. The predicted octanol–water partition coefficient (Wildman–Crippen LogP) is 4.84. The molecular formula is C15H20. The maximum absolute atomic E-state index is 2.26. The van der Waals surface area contributed by atoms with E-state index in [-0.39, 0.29) is 0 Å². The van der Waals surface area contributed by atoms with Crippen LogP contribution in [0.1, 0.15) is 38.7 Å². The maximum Gasteiger partial charge on any atom is -0.0254 e. The molecule has 0 nitrogen and oxygen atoms in total. The van der Waals surface area contributed by atoms with Gasteiger partial charge in [0.05, 0.1) is 0 Å². The molecule has 0 aliphatic rings. The van der Waals surface area contributed by atoms with Crippen molar-refractivity contribution in [2.75, 3.05) is 0 Å². The Bertz CT molecular complexity index is 317. The number of hydrogen-bond donors (Lipinski definition) is 0. The molecule has 0 heteroatoms. The molecule has 1 aromatic carbocycles. The van der Waals surface area contributed by atoms with Crippen LogP contribution in [0.3, 0.4) is 0 Å². The van der Waals surface area contributed by atoms with Crippen molar-refractivity contribution in [3.63, 3.8) is 0 Å². The molecule has 0 aliphatic heterocycles. The van der Waals surface area contributed by atoms with Crippen LogP contribution in [0.4, 0.5) is 0 Å². The molecule has 0 aliphatic carbocycles. The molecule has 0 unspecified atom stereocenters. The van der Waals surface area contributed by atoms with E-state index in [2.05, 4.69) is 56.3 Å². The highest BCUT2D eigenvalue weighted by Gasteiger charge is 1.86. The van der Waals surface area contributed by atoms with Crippen LogP contribution in [-0.2, 0) is 0 Å². The lowest BCUT2D eigenvalue weighted by molar-refractivity contribution is 0.814. The average molecular weight is 200 g/mol. The topological polar surface area (TPSA) is 0 Å². The molecule has 0 saturated carbocycles. The minimum absolute atomic E-state index is 1.19. The number of benzene rings is 1.